The van der Waals surface area contributed by atoms with Gasteiger partial charge < -0.3 is 49.6 Å². The SMILES string of the molecule is C=Cc1cc(C2[OH+]c3cc(O)cc(O)c3C=C2O[C@H]2O[C@@H](CO)[C@@H](O)[C@@H](O)[C@@H]2O)cc(OC)c1C. The normalized spacial score (nSPS) is 27.9. The van der Waals surface area contributed by atoms with Crippen molar-refractivity contribution in [3.05, 3.63) is 58.9 Å². The topological polar surface area (TPSA) is 162 Å². The largest absolute Gasteiger partial charge is 0.571 e. The molecule has 0 aliphatic carbocycles. The molecule has 0 bridgehead atoms. The molecule has 10 nitrogen and oxygen atoms in total. The summed E-state index contributed by atoms with van der Waals surface area (Å²) in [4.78, 5) is 0. The Morgan fingerprint density at radius 3 is 2.49 bits per heavy atom. The van der Waals surface area contributed by atoms with Crippen LogP contribution in [0.2, 0.25) is 0 Å². The maximum absolute atomic E-state index is 10.5. The van der Waals surface area contributed by atoms with Crippen molar-refractivity contribution in [2.75, 3.05) is 13.7 Å². The van der Waals surface area contributed by atoms with Crippen LogP contribution in [0.4, 0.5) is 0 Å². The molecule has 2 aromatic rings. The van der Waals surface area contributed by atoms with E-state index < -0.39 is 43.4 Å². The number of aliphatic hydroxyl groups excluding tert-OH is 4. The Morgan fingerprint density at radius 2 is 1.83 bits per heavy atom. The molecular weight excluding hydrogens is 460 g/mol. The molecule has 188 valence electrons. The molecule has 2 heterocycles. The molecular formula is C25H29O10+. The number of phenols is 2. The minimum Gasteiger partial charge on any atom is -0.571 e. The zero-order chi connectivity index (χ0) is 25.4. The number of hydrogen-bond acceptors (Lipinski definition) is 9. The second-order valence-electron chi connectivity index (χ2n) is 8.43. The van der Waals surface area contributed by atoms with Gasteiger partial charge in [-0.15, -0.1) is 0 Å². The van der Waals surface area contributed by atoms with Crippen LogP contribution in [-0.2, 0) is 9.47 Å². The number of fused-ring (bicyclic) bond motifs is 1. The van der Waals surface area contributed by atoms with Crippen molar-refractivity contribution in [3.63, 3.8) is 0 Å². The van der Waals surface area contributed by atoms with Crippen LogP contribution in [-0.4, -0.2) is 79.8 Å². The molecule has 6 atom stereocenters. The van der Waals surface area contributed by atoms with Crippen molar-refractivity contribution in [2.45, 2.75) is 43.7 Å². The number of methoxy groups -OCH3 is 1. The van der Waals surface area contributed by atoms with E-state index in [1.165, 1.54) is 19.3 Å². The third-order valence-corrected chi connectivity index (χ3v) is 6.22. The molecule has 1 fully saturated rings. The van der Waals surface area contributed by atoms with Crippen molar-refractivity contribution >= 4 is 12.2 Å². The summed E-state index contributed by atoms with van der Waals surface area (Å²) in [6, 6.07) is 6.14. The highest BCUT2D eigenvalue weighted by atomic mass is 16.7. The Bertz CT molecular complexity index is 1140. The average Bonchev–Trinajstić information content (AvgIpc) is 2.84. The zero-order valence-electron chi connectivity index (χ0n) is 19.2. The lowest BCUT2D eigenvalue weighted by Crippen LogP contribution is -2.59. The van der Waals surface area contributed by atoms with Crippen molar-refractivity contribution in [1.29, 1.82) is 0 Å². The molecule has 10 heteroatoms. The lowest BCUT2D eigenvalue weighted by atomic mass is 9.96. The van der Waals surface area contributed by atoms with Crippen LogP contribution in [0.25, 0.3) is 12.2 Å². The molecule has 2 aliphatic rings. The quantitative estimate of drug-likeness (QED) is 0.328. The van der Waals surface area contributed by atoms with Gasteiger partial charge in [-0.1, -0.05) is 12.7 Å². The van der Waals surface area contributed by atoms with Crippen LogP contribution < -0.4 is 4.74 Å². The Morgan fingerprint density at radius 1 is 1.09 bits per heavy atom. The number of hydrogen-bond donors (Lipinski definition) is 6. The smallest absolute Gasteiger partial charge is 0.270 e. The summed E-state index contributed by atoms with van der Waals surface area (Å²) in [5.41, 5.74) is 2.53. The van der Waals surface area contributed by atoms with Crippen LogP contribution >= 0.6 is 0 Å². The Balaban J connectivity index is 1.79. The van der Waals surface area contributed by atoms with Gasteiger partial charge in [0.15, 0.2) is 5.76 Å². The summed E-state index contributed by atoms with van der Waals surface area (Å²) in [5, 5.41) is 60.6. The summed E-state index contributed by atoms with van der Waals surface area (Å²) in [5.74, 6) is 0.593. The maximum atomic E-state index is 10.5. The van der Waals surface area contributed by atoms with Crippen molar-refractivity contribution in [3.8, 4) is 23.0 Å². The van der Waals surface area contributed by atoms with Gasteiger partial charge in [-0.3, -0.25) is 0 Å². The molecule has 0 radical (unpaired) electrons. The van der Waals surface area contributed by atoms with Gasteiger partial charge in [-0.05, 0) is 30.2 Å². The third kappa shape index (κ3) is 4.54. The average molecular weight is 489 g/mol. The van der Waals surface area contributed by atoms with Crippen LogP contribution in [0.5, 0.6) is 23.0 Å². The second-order valence-corrected chi connectivity index (χ2v) is 8.43. The number of phenolic OH excluding ortho intramolecular Hbond substituents is 2. The van der Waals surface area contributed by atoms with Crippen LogP contribution in [0.15, 0.2) is 36.6 Å². The minimum absolute atomic E-state index is 0.142. The first kappa shape index (κ1) is 24.8. The third-order valence-electron chi connectivity index (χ3n) is 6.22. The monoisotopic (exact) mass is 489 g/mol. The molecule has 0 aromatic heterocycles. The number of benzene rings is 2. The highest BCUT2D eigenvalue weighted by Crippen LogP contribution is 2.46. The molecule has 2 aliphatic heterocycles. The Labute approximate surface area is 201 Å². The highest BCUT2D eigenvalue weighted by Gasteiger charge is 2.46. The maximum Gasteiger partial charge on any atom is 0.270 e. The first-order chi connectivity index (χ1) is 16.7. The fraction of sp³-hybridized carbons (Fsp3) is 0.360. The van der Waals surface area contributed by atoms with E-state index >= 15 is 0 Å². The fourth-order valence-electron chi connectivity index (χ4n) is 4.24. The lowest BCUT2D eigenvalue weighted by Gasteiger charge is -2.40. The van der Waals surface area contributed by atoms with E-state index in [4.69, 9.17) is 14.2 Å². The number of rotatable bonds is 6. The van der Waals surface area contributed by atoms with Crippen LogP contribution in [0.3, 0.4) is 0 Å². The Kier molecular flexibility index (Phi) is 6.93. The zero-order valence-corrected chi connectivity index (χ0v) is 19.2. The van der Waals surface area contributed by atoms with E-state index in [2.05, 4.69) is 11.3 Å². The molecule has 7 N–H and O–H groups in total. The summed E-state index contributed by atoms with van der Waals surface area (Å²) in [6.45, 7) is 5.11. The molecule has 1 unspecified atom stereocenters. The summed E-state index contributed by atoms with van der Waals surface area (Å²) in [7, 11) is 1.53. The van der Waals surface area contributed by atoms with E-state index in [0.29, 0.717) is 17.1 Å². The summed E-state index contributed by atoms with van der Waals surface area (Å²) in [6.07, 6.45) is -5.11. The minimum atomic E-state index is -1.64. The van der Waals surface area contributed by atoms with Gasteiger partial charge in [0.25, 0.3) is 11.9 Å². The van der Waals surface area contributed by atoms with E-state index in [0.717, 1.165) is 17.2 Å². The first-order valence-electron chi connectivity index (χ1n) is 10.9. The number of aliphatic hydroxyl groups is 5. The van der Waals surface area contributed by atoms with Gasteiger partial charge in [-0.25, -0.2) is 0 Å². The van der Waals surface area contributed by atoms with Gasteiger partial charge >= 0.3 is 0 Å². The van der Waals surface area contributed by atoms with E-state index in [9.17, 15) is 30.6 Å². The van der Waals surface area contributed by atoms with Gasteiger partial charge in [-0.2, -0.15) is 0 Å². The number of ether oxygens (including phenoxy) is 4. The first-order valence-corrected chi connectivity index (χ1v) is 10.9. The summed E-state index contributed by atoms with van der Waals surface area (Å²) < 4.78 is 21.6. The van der Waals surface area contributed by atoms with Crippen molar-refractivity contribution < 1.29 is 49.6 Å². The molecule has 0 saturated carbocycles. The number of aromatic hydroxyl groups is 3. The highest BCUT2D eigenvalue weighted by molar-refractivity contribution is 5.70. The fourth-order valence-corrected chi connectivity index (χ4v) is 4.24. The van der Waals surface area contributed by atoms with Crippen molar-refractivity contribution in [2.24, 2.45) is 0 Å². The molecule has 2 aromatic carbocycles. The molecule has 4 rings (SSSR count). The van der Waals surface area contributed by atoms with Crippen molar-refractivity contribution in [1.82, 2.24) is 0 Å². The Hall–Kier alpha value is -3.28. The lowest BCUT2D eigenvalue weighted by molar-refractivity contribution is -0.295. The van der Waals surface area contributed by atoms with Gasteiger partial charge in [0.1, 0.15) is 47.2 Å². The standard InChI is InChI=1S/C25H28O10/c1-4-12-5-13(6-17(32-3)11(12)2)24-19(9-15-16(28)7-14(27)8-18(15)33-24)34-25-23(31)22(30)21(29)20(10-26)35-25/h4-9,20-31H,1,10H2,2-3H3/p+1/t20-,21+,22+,23-,24?,25-/m0/s1. The van der Waals surface area contributed by atoms with Gasteiger partial charge in [0.05, 0.1) is 25.3 Å². The van der Waals surface area contributed by atoms with Gasteiger partial charge in [0.2, 0.25) is 6.29 Å². The predicted octanol–water partition coefficient (Wildman–Crippen LogP) is 1.21. The van der Waals surface area contributed by atoms with E-state index in [-0.39, 0.29) is 22.8 Å². The molecule has 0 spiro atoms. The summed E-state index contributed by atoms with van der Waals surface area (Å²) >= 11 is 0. The van der Waals surface area contributed by atoms with E-state index in [1.54, 1.807) is 12.1 Å². The predicted molar refractivity (Wildman–Crippen MR) is 125 cm³/mol. The second kappa shape index (κ2) is 9.76. The molecule has 35 heavy (non-hydrogen) atoms. The van der Waals surface area contributed by atoms with Gasteiger partial charge in [0, 0.05) is 12.1 Å². The molecule has 1 saturated heterocycles. The van der Waals surface area contributed by atoms with E-state index in [1.807, 2.05) is 13.0 Å². The van der Waals surface area contributed by atoms with Crippen LogP contribution in [0.1, 0.15) is 28.4 Å². The molecule has 0 amide bonds. The van der Waals surface area contributed by atoms with Crippen LogP contribution in [0, 0.1) is 6.92 Å².